The zero-order valence-corrected chi connectivity index (χ0v) is 9.96. The molecule has 0 aromatic carbocycles. The smallest absolute Gasteiger partial charge is 0.317 e. The molecule has 1 atom stereocenters. The fourth-order valence-corrected chi connectivity index (χ4v) is 2.35. The van der Waals surface area contributed by atoms with Gasteiger partial charge in [-0.3, -0.25) is 0 Å². The molecule has 2 rings (SSSR count). The Morgan fingerprint density at radius 3 is 2.75 bits per heavy atom. The molecule has 2 aliphatic heterocycles. The Hall–Kier alpha value is -0.810. The molecule has 0 saturated carbocycles. The Morgan fingerprint density at radius 1 is 1.31 bits per heavy atom. The summed E-state index contributed by atoms with van der Waals surface area (Å²) in [5, 5.41) is 9.77. The first-order valence-corrected chi connectivity index (χ1v) is 6.25. The summed E-state index contributed by atoms with van der Waals surface area (Å²) in [6.07, 6.45) is 2.10. The second kappa shape index (κ2) is 5.50. The lowest BCUT2D eigenvalue weighted by Crippen LogP contribution is -2.56. The normalized spacial score (nSPS) is 27.8. The molecule has 2 aliphatic rings. The van der Waals surface area contributed by atoms with Crippen LogP contribution in [0.2, 0.25) is 0 Å². The molecule has 2 fully saturated rings. The van der Waals surface area contributed by atoms with E-state index < -0.39 is 0 Å². The third-order valence-electron chi connectivity index (χ3n) is 3.32. The van der Waals surface area contributed by atoms with E-state index in [9.17, 15) is 4.79 Å². The standard InChI is InChI=1S/C11H22N4O/c1-9-8-15(7-6-13-9)11(16)14-10-2-4-12-5-3-10/h9-10,12-13H,2-8H2,1H3,(H,14,16). The van der Waals surface area contributed by atoms with Crippen molar-refractivity contribution in [1.82, 2.24) is 20.9 Å². The summed E-state index contributed by atoms with van der Waals surface area (Å²) < 4.78 is 0. The molecule has 0 spiro atoms. The maximum Gasteiger partial charge on any atom is 0.317 e. The van der Waals surface area contributed by atoms with Crippen molar-refractivity contribution in [3.05, 3.63) is 0 Å². The molecule has 5 heteroatoms. The summed E-state index contributed by atoms with van der Waals surface area (Å²) >= 11 is 0. The van der Waals surface area contributed by atoms with Gasteiger partial charge in [-0.15, -0.1) is 0 Å². The van der Waals surface area contributed by atoms with Crippen molar-refractivity contribution in [2.24, 2.45) is 0 Å². The van der Waals surface area contributed by atoms with Crippen LogP contribution in [0.5, 0.6) is 0 Å². The van der Waals surface area contributed by atoms with E-state index in [0.717, 1.165) is 45.6 Å². The third-order valence-corrected chi connectivity index (χ3v) is 3.32. The predicted octanol–water partition coefficient (Wildman–Crippen LogP) is -0.258. The molecule has 2 amide bonds. The molecule has 16 heavy (non-hydrogen) atoms. The van der Waals surface area contributed by atoms with Gasteiger partial charge in [0.25, 0.3) is 0 Å². The first-order chi connectivity index (χ1) is 7.75. The number of carbonyl (C=O) groups is 1. The van der Waals surface area contributed by atoms with Crippen LogP contribution < -0.4 is 16.0 Å². The highest BCUT2D eigenvalue weighted by atomic mass is 16.2. The fraction of sp³-hybridized carbons (Fsp3) is 0.909. The number of hydrogen-bond donors (Lipinski definition) is 3. The SMILES string of the molecule is CC1CN(C(=O)NC2CCNCC2)CCN1. The number of urea groups is 1. The van der Waals surface area contributed by atoms with Gasteiger partial charge >= 0.3 is 6.03 Å². The van der Waals surface area contributed by atoms with E-state index in [4.69, 9.17) is 0 Å². The minimum absolute atomic E-state index is 0.111. The summed E-state index contributed by atoms with van der Waals surface area (Å²) in [5.41, 5.74) is 0. The van der Waals surface area contributed by atoms with Gasteiger partial charge in [0.15, 0.2) is 0 Å². The molecule has 3 N–H and O–H groups in total. The van der Waals surface area contributed by atoms with E-state index in [0.29, 0.717) is 12.1 Å². The number of amides is 2. The number of carbonyl (C=O) groups excluding carboxylic acids is 1. The summed E-state index contributed by atoms with van der Waals surface area (Å²) in [5.74, 6) is 0. The molecule has 0 aromatic rings. The summed E-state index contributed by atoms with van der Waals surface area (Å²) in [6, 6.07) is 0.881. The van der Waals surface area contributed by atoms with Crippen LogP contribution in [0, 0.1) is 0 Å². The van der Waals surface area contributed by atoms with Gasteiger partial charge < -0.3 is 20.9 Å². The first-order valence-electron chi connectivity index (χ1n) is 6.25. The topological polar surface area (TPSA) is 56.4 Å². The fourth-order valence-electron chi connectivity index (χ4n) is 2.35. The van der Waals surface area contributed by atoms with Gasteiger partial charge in [0.2, 0.25) is 0 Å². The average molecular weight is 226 g/mol. The zero-order valence-electron chi connectivity index (χ0n) is 9.96. The maximum atomic E-state index is 12.0. The molecule has 92 valence electrons. The summed E-state index contributed by atoms with van der Waals surface area (Å²) in [6.45, 7) is 6.69. The lowest BCUT2D eigenvalue weighted by Gasteiger charge is -2.34. The van der Waals surface area contributed by atoms with Crippen molar-refractivity contribution in [2.75, 3.05) is 32.7 Å². The first kappa shape index (κ1) is 11.7. The highest BCUT2D eigenvalue weighted by Crippen LogP contribution is 2.04. The van der Waals surface area contributed by atoms with Crippen molar-refractivity contribution in [1.29, 1.82) is 0 Å². The van der Waals surface area contributed by atoms with Gasteiger partial charge in [0.1, 0.15) is 0 Å². The number of nitrogens with zero attached hydrogens (tertiary/aromatic N) is 1. The number of nitrogens with one attached hydrogen (secondary N) is 3. The Balaban J connectivity index is 1.77. The molecular formula is C11H22N4O. The van der Waals surface area contributed by atoms with Crippen molar-refractivity contribution in [2.45, 2.75) is 31.8 Å². The summed E-state index contributed by atoms with van der Waals surface area (Å²) in [7, 11) is 0. The van der Waals surface area contributed by atoms with Gasteiger partial charge in [-0.2, -0.15) is 0 Å². The van der Waals surface area contributed by atoms with E-state index in [-0.39, 0.29) is 6.03 Å². The van der Waals surface area contributed by atoms with Crippen LogP contribution >= 0.6 is 0 Å². The lowest BCUT2D eigenvalue weighted by atomic mass is 10.1. The second-order valence-electron chi connectivity index (χ2n) is 4.77. The van der Waals surface area contributed by atoms with E-state index >= 15 is 0 Å². The quantitative estimate of drug-likeness (QED) is 0.577. The highest BCUT2D eigenvalue weighted by molar-refractivity contribution is 5.74. The molecule has 0 bridgehead atoms. The Bertz CT molecular complexity index is 240. The number of hydrogen-bond acceptors (Lipinski definition) is 3. The van der Waals surface area contributed by atoms with Gasteiger partial charge in [0.05, 0.1) is 0 Å². The molecule has 0 aromatic heterocycles. The monoisotopic (exact) mass is 226 g/mol. The largest absolute Gasteiger partial charge is 0.335 e. The Morgan fingerprint density at radius 2 is 2.06 bits per heavy atom. The van der Waals surface area contributed by atoms with Crippen molar-refractivity contribution < 1.29 is 4.79 Å². The van der Waals surface area contributed by atoms with E-state index in [1.807, 2.05) is 4.90 Å². The molecule has 2 heterocycles. The van der Waals surface area contributed by atoms with Gasteiger partial charge in [-0.25, -0.2) is 4.79 Å². The van der Waals surface area contributed by atoms with Crippen molar-refractivity contribution >= 4 is 6.03 Å². The van der Waals surface area contributed by atoms with Crippen LogP contribution in [-0.2, 0) is 0 Å². The van der Waals surface area contributed by atoms with Gasteiger partial charge in [-0.1, -0.05) is 0 Å². The highest BCUT2D eigenvalue weighted by Gasteiger charge is 2.23. The van der Waals surface area contributed by atoms with Gasteiger partial charge in [-0.05, 0) is 32.9 Å². The Kier molecular flexibility index (Phi) is 4.01. The van der Waals surface area contributed by atoms with Crippen molar-refractivity contribution in [3.63, 3.8) is 0 Å². The van der Waals surface area contributed by atoms with E-state index in [2.05, 4.69) is 22.9 Å². The summed E-state index contributed by atoms with van der Waals surface area (Å²) in [4.78, 5) is 13.9. The predicted molar refractivity (Wildman–Crippen MR) is 63.5 cm³/mol. The average Bonchev–Trinajstić information content (AvgIpc) is 2.30. The maximum absolute atomic E-state index is 12.0. The van der Waals surface area contributed by atoms with Crippen LogP contribution in [-0.4, -0.2) is 55.7 Å². The number of piperidine rings is 1. The molecule has 5 nitrogen and oxygen atoms in total. The third kappa shape index (κ3) is 3.09. The minimum Gasteiger partial charge on any atom is -0.335 e. The molecule has 1 unspecified atom stereocenters. The van der Waals surface area contributed by atoms with Crippen LogP contribution in [0.4, 0.5) is 4.79 Å². The van der Waals surface area contributed by atoms with Gasteiger partial charge in [0, 0.05) is 31.7 Å². The van der Waals surface area contributed by atoms with E-state index in [1.165, 1.54) is 0 Å². The van der Waals surface area contributed by atoms with Crippen LogP contribution in [0.1, 0.15) is 19.8 Å². The number of rotatable bonds is 1. The molecule has 2 saturated heterocycles. The second-order valence-corrected chi connectivity index (χ2v) is 4.77. The van der Waals surface area contributed by atoms with E-state index in [1.54, 1.807) is 0 Å². The minimum atomic E-state index is 0.111. The van der Waals surface area contributed by atoms with Crippen LogP contribution in [0.25, 0.3) is 0 Å². The van der Waals surface area contributed by atoms with Crippen molar-refractivity contribution in [3.8, 4) is 0 Å². The Labute approximate surface area is 96.9 Å². The lowest BCUT2D eigenvalue weighted by molar-refractivity contribution is 0.173. The van der Waals surface area contributed by atoms with Crippen LogP contribution in [0.3, 0.4) is 0 Å². The molecular weight excluding hydrogens is 204 g/mol. The zero-order chi connectivity index (χ0) is 11.4. The molecule has 0 aliphatic carbocycles. The van der Waals surface area contributed by atoms with Crippen LogP contribution in [0.15, 0.2) is 0 Å². The number of piperazine rings is 1. The molecule has 0 radical (unpaired) electrons.